The first kappa shape index (κ1) is 21.6. The molecule has 3 nitrogen and oxygen atoms in total. The van der Waals surface area contributed by atoms with E-state index >= 15 is 0 Å². The van der Waals surface area contributed by atoms with Crippen LogP contribution in [0, 0.1) is 0 Å². The predicted octanol–water partition coefficient (Wildman–Crippen LogP) is 5.58. The third-order valence-electron chi connectivity index (χ3n) is 5.33. The lowest BCUT2D eigenvalue weighted by Gasteiger charge is -2.17. The smallest absolute Gasteiger partial charge is 0.322 e. The lowest BCUT2D eigenvalue weighted by Crippen LogP contribution is -2.27. The molecule has 2 aromatic rings. The zero-order chi connectivity index (χ0) is 20.0. The summed E-state index contributed by atoms with van der Waals surface area (Å²) in [5.74, 6) is 0.272. The number of pyridine rings is 1. The first-order chi connectivity index (χ1) is 12.8. The minimum Gasteiger partial charge on any atom is -0.508 e. The number of hydrogen-bond donors (Lipinski definition) is 1. The second kappa shape index (κ2) is 10.0. The summed E-state index contributed by atoms with van der Waals surface area (Å²) in [6.07, 6.45) is 4.62. The van der Waals surface area contributed by atoms with Gasteiger partial charge in [-0.05, 0) is 64.8 Å². The number of nitrogens with zero attached hydrogens (tertiary/aromatic N) is 1. The van der Waals surface area contributed by atoms with E-state index in [9.17, 15) is 5.11 Å². The Labute approximate surface area is 166 Å². The van der Waals surface area contributed by atoms with Gasteiger partial charge in [-0.15, -0.1) is 0 Å². The van der Waals surface area contributed by atoms with E-state index in [4.69, 9.17) is 5.11 Å². The molecule has 4 heteroatoms. The van der Waals surface area contributed by atoms with Crippen molar-refractivity contribution in [2.24, 2.45) is 0 Å². The number of aromatic nitrogens is 1. The Kier molecular flexibility index (Phi) is 8.05. The van der Waals surface area contributed by atoms with Crippen LogP contribution in [0.25, 0.3) is 11.1 Å². The lowest BCUT2D eigenvalue weighted by atomic mass is 10.0. The van der Waals surface area contributed by atoms with E-state index < -0.39 is 0 Å². The van der Waals surface area contributed by atoms with E-state index in [0.717, 1.165) is 46.3 Å². The van der Waals surface area contributed by atoms with Crippen molar-refractivity contribution < 1.29 is 10.2 Å². The number of hydrogen-bond acceptors (Lipinski definition) is 2. The summed E-state index contributed by atoms with van der Waals surface area (Å²) >= 11 is 0. The molecule has 0 saturated heterocycles. The summed E-state index contributed by atoms with van der Waals surface area (Å²) < 4.78 is 0. The zero-order valence-corrected chi connectivity index (χ0v) is 18.4. The second-order valence-corrected chi connectivity index (χ2v) is 12.6. The highest BCUT2D eigenvalue weighted by Crippen LogP contribution is 2.33. The first-order valence-electron chi connectivity index (χ1n) is 10.1. The minimum atomic E-state index is -0.380. The zero-order valence-electron chi connectivity index (χ0n) is 17.4. The number of aromatic hydroxyl groups is 1. The number of phenolic OH excluding ortho intramolecular Hbond substituents is 1. The van der Waals surface area contributed by atoms with E-state index in [1.807, 2.05) is 24.4 Å². The number of rotatable bonds is 9. The summed E-state index contributed by atoms with van der Waals surface area (Å²) in [6, 6.07) is 11.3. The largest absolute Gasteiger partial charge is 0.508 e. The normalized spacial score (nSPS) is 13.8. The molecule has 1 aromatic carbocycles. The van der Waals surface area contributed by atoms with Gasteiger partial charge in [0.1, 0.15) is 5.75 Å². The molecule has 2 rings (SSSR count). The van der Waals surface area contributed by atoms with Crippen LogP contribution in [0.15, 0.2) is 42.6 Å². The maximum Gasteiger partial charge on any atom is 0.322 e. The highest BCUT2D eigenvalue weighted by atomic mass is 28.3. The van der Waals surface area contributed by atoms with Crippen molar-refractivity contribution >= 4 is 8.80 Å². The Morgan fingerprint density at radius 1 is 0.889 bits per heavy atom. The first-order valence-corrected chi connectivity index (χ1v) is 11.8. The van der Waals surface area contributed by atoms with Gasteiger partial charge in [-0.1, -0.05) is 18.2 Å². The van der Waals surface area contributed by atoms with Gasteiger partial charge >= 0.3 is 8.80 Å². The molecule has 0 aliphatic carbocycles. The van der Waals surface area contributed by atoms with Crippen molar-refractivity contribution in [2.45, 2.75) is 76.6 Å². The number of benzene rings is 1. The van der Waals surface area contributed by atoms with Crippen LogP contribution in [0.2, 0.25) is 16.6 Å². The van der Waals surface area contributed by atoms with Crippen LogP contribution in [-0.4, -0.2) is 30.1 Å². The van der Waals surface area contributed by atoms with Crippen molar-refractivity contribution in [1.82, 2.24) is 4.98 Å². The SMILES string of the molecule is CC(C)[Si+](C(C)C)C(C)CCC([OH2+])Cc1ccc(-c2ccc(O)cc2)cn1. The molecule has 2 atom stereocenters. The summed E-state index contributed by atoms with van der Waals surface area (Å²) in [5.41, 5.74) is 5.41. The van der Waals surface area contributed by atoms with Crippen LogP contribution in [0.5, 0.6) is 5.75 Å². The van der Waals surface area contributed by atoms with Crippen LogP contribution in [0.4, 0.5) is 0 Å². The van der Waals surface area contributed by atoms with Crippen LogP contribution < -0.4 is 0 Å². The quantitative estimate of drug-likeness (QED) is 0.453. The average Bonchev–Trinajstić information content (AvgIpc) is 2.61. The molecule has 0 saturated carbocycles. The van der Waals surface area contributed by atoms with Crippen LogP contribution in [0.1, 0.15) is 53.2 Å². The molecule has 146 valence electrons. The van der Waals surface area contributed by atoms with Gasteiger partial charge in [0.15, 0.2) is 6.10 Å². The molecular formula is C23H35NO2Si+2. The fourth-order valence-corrected chi connectivity index (χ4v) is 8.26. The van der Waals surface area contributed by atoms with E-state index in [-0.39, 0.29) is 20.7 Å². The van der Waals surface area contributed by atoms with Gasteiger partial charge in [0.05, 0.1) is 23.0 Å². The molecule has 0 spiro atoms. The van der Waals surface area contributed by atoms with Crippen LogP contribution >= 0.6 is 0 Å². The van der Waals surface area contributed by atoms with E-state index in [1.54, 1.807) is 12.1 Å². The lowest BCUT2D eigenvalue weighted by molar-refractivity contribution is 0.160. The van der Waals surface area contributed by atoms with Crippen LogP contribution in [-0.2, 0) is 6.42 Å². The molecule has 27 heavy (non-hydrogen) atoms. The van der Waals surface area contributed by atoms with Crippen molar-refractivity contribution in [3.8, 4) is 16.9 Å². The number of phenols is 1. The topological polar surface area (TPSA) is 56.0 Å². The molecular weight excluding hydrogens is 350 g/mol. The van der Waals surface area contributed by atoms with Gasteiger partial charge in [0, 0.05) is 23.9 Å². The molecule has 1 heterocycles. The Morgan fingerprint density at radius 2 is 1.48 bits per heavy atom. The van der Waals surface area contributed by atoms with Crippen molar-refractivity contribution in [1.29, 1.82) is 0 Å². The van der Waals surface area contributed by atoms with Gasteiger partial charge in [0.2, 0.25) is 0 Å². The van der Waals surface area contributed by atoms with Crippen molar-refractivity contribution in [2.75, 3.05) is 0 Å². The van der Waals surface area contributed by atoms with Crippen molar-refractivity contribution in [3.63, 3.8) is 0 Å². The summed E-state index contributed by atoms with van der Waals surface area (Å²) in [6.45, 7) is 11.8. The molecule has 0 amide bonds. The fraction of sp³-hybridized carbons (Fsp3) is 0.522. The molecule has 0 fully saturated rings. The molecule has 2 unspecified atom stereocenters. The molecule has 0 aliphatic heterocycles. The maximum absolute atomic E-state index is 9.40. The Morgan fingerprint density at radius 3 is 2.00 bits per heavy atom. The minimum absolute atomic E-state index is 0.0814. The Balaban J connectivity index is 1.88. The average molecular weight is 386 g/mol. The standard InChI is InChI=1S/C23H33NO2Si/c1-16(2)27(17(3)4)18(5)6-11-23(26)14-21-10-7-20(15-24-21)19-8-12-22(25)13-9-19/h7-10,12-13,15-18,23,26H,6,11,14H2,1-5H3/p+2. The summed E-state index contributed by atoms with van der Waals surface area (Å²) in [5, 5.41) is 17.8. The summed E-state index contributed by atoms with van der Waals surface area (Å²) in [7, 11) is -0.380. The van der Waals surface area contributed by atoms with E-state index in [0.29, 0.717) is 6.42 Å². The van der Waals surface area contributed by atoms with Crippen molar-refractivity contribution in [3.05, 3.63) is 48.3 Å². The van der Waals surface area contributed by atoms with Gasteiger partial charge in [-0.2, -0.15) is 0 Å². The van der Waals surface area contributed by atoms with Gasteiger partial charge in [-0.3, -0.25) is 4.98 Å². The van der Waals surface area contributed by atoms with Gasteiger partial charge < -0.3 is 10.2 Å². The molecule has 3 N–H and O–H groups in total. The molecule has 0 aliphatic rings. The third kappa shape index (κ3) is 6.47. The van der Waals surface area contributed by atoms with Gasteiger partial charge in [0.25, 0.3) is 0 Å². The maximum atomic E-state index is 9.40. The van der Waals surface area contributed by atoms with Crippen LogP contribution in [0.3, 0.4) is 0 Å². The van der Waals surface area contributed by atoms with E-state index in [1.165, 1.54) is 0 Å². The summed E-state index contributed by atoms with van der Waals surface area (Å²) in [4.78, 5) is 4.56. The molecule has 0 bridgehead atoms. The predicted molar refractivity (Wildman–Crippen MR) is 117 cm³/mol. The molecule has 1 aromatic heterocycles. The second-order valence-electron chi connectivity index (χ2n) is 8.27. The monoisotopic (exact) mass is 385 g/mol. The highest BCUT2D eigenvalue weighted by Gasteiger charge is 2.40. The Bertz CT molecular complexity index is 675. The van der Waals surface area contributed by atoms with Gasteiger partial charge in [-0.25, -0.2) is 0 Å². The molecule has 0 radical (unpaired) electrons. The fourth-order valence-electron chi connectivity index (χ4n) is 4.15. The highest BCUT2D eigenvalue weighted by molar-refractivity contribution is 6.63. The third-order valence-corrected chi connectivity index (χ3v) is 9.42. The Hall–Kier alpha value is -1.65. The van der Waals surface area contributed by atoms with E-state index in [2.05, 4.69) is 45.7 Å².